The Balaban J connectivity index is 0.000000333. The van der Waals surface area contributed by atoms with Crippen molar-refractivity contribution in [1.82, 2.24) is 15.2 Å². The topological polar surface area (TPSA) is 106 Å². The standard InChI is InChI=1S/C26H35BrN4O2.C8H6BrNO/c1-7-31(8-2)12-11-28-26(33)23-22(15(3)4)21(29-24(23)16(5)6)14-19-18-13-17(27)9-10-20(18)30-25(19)32;9-6-1-2-7-5(3-6)4-8(11)10-7/h9-10,13-16,29H,7-8,11-12H2,1-6H3,(H,28,33)(H,30,32);1-3H,4H2,(H,10,11). The number of carbonyl (C=O) groups is 3. The van der Waals surface area contributed by atoms with Crippen molar-refractivity contribution >= 4 is 72.6 Å². The smallest absolute Gasteiger partial charge is 0.256 e. The Labute approximate surface area is 276 Å². The third-order valence-corrected chi connectivity index (χ3v) is 8.82. The number of aromatic nitrogens is 1. The summed E-state index contributed by atoms with van der Waals surface area (Å²) in [6.07, 6.45) is 2.40. The van der Waals surface area contributed by atoms with Gasteiger partial charge in [-0.2, -0.15) is 0 Å². The van der Waals surface area contributed by atoms with E-state index in [0.29, 0.717) is 24.1 Å². The van der Waals surface area contributed by atoms with Gasteiger partial charge in [-0.3, -0.25) is 14.4 Å². The molecular formula is C34H41Br2N5O3. The van der Waals surface area contributed by atoms with Crippen molar-refractivity contribution in [3.05, 3.63) is 79.0 Å². The summed E-state index contributed by atoms with van der Waals surface area (Å²) in [5.74, 6) is 0.129. The number of fused-ring (bicyclic) bond motifs is 2. The summed E-state index contributed by atoms with van der Waals surface area (Å²) < 4.78 is 1.93. The number of amides is 3. The molecule has 0 saturated carbocycles. The Morgan fingerprint density at radius 2 is 1.61 bits per heavy atom. The number of halogens is 2. The second-order valence-electron chi connectivity index (χ2n) is 11.6. The van der Waals surface area contributed by atoms with Crippen LogP contribution in [0.25, 0.3) is 11.6 Å². The van der Waals surface area contributed by atoms with Crippen LogP contribution in [0.2, 0.25) is 0 Å². The third-order valence-electron chi connectivity index (χ3n) is 7.83. The molecule has 44 heavy (non-hydrogen) atoms. The monoisotopic (exact) mass is 725 g/mol. The lowest BCUT2D eigenvalue weighted by atomic mass is 9.93. The van der Waals surface area contributed by atoms with Crippen LogP contribution in [0.4, 0.5) is 11.4 Å². The zero-order valence-corrected chi connectivity index (χ0v) is 29.3. The molecule has 0 atom stereocenters. The van der Waals surface area contributed by atoms with Gasteiger partial charge in [-0.1, -0.05) is 73.4 Å². The van der Waals surface area contributed by atoms with Crippen LogP contribution in [0.5, 0.6) is 0 Å². The summed E-state index contributed by atoms with van der Waals surface area (Å²) in [4.78, 5) is 42.8. The number of aromatic amines is 1. The zero-order chi connectivity index (χ0) is 32.1. The number of likely N-dealkylation sites (N-methyl/N-ethyl adjacent to an activating group) is 1. The van der Waals surface area contributed by atoms with E-state index in [9.17, 15) is 14.4 Å². The number of hydrogen-bond acceptors (Lipinski definition) is 4. The first kappa shape index (κ1) is 33.7. The Morgan fingerprint density at radius 1 is 0.955 bits per heavy atom. The van der Waals surface area contributed by atoms with Crippen molar-refractivity contribution in [3.63, 3.8) is 0 Å². The van der Waals surface area contributed by atoms with Gasteiger partial charge >= 0.3 is 0 Å². The van der Waals surface area contributed by atoms with Gasteiger partial charge in [0.1, 0.15) is 0 Å². The summed E-state index contributed by atoms with van der Waals surface area (Å²) in [6.45, 7) is 15.9. The fourth-order valence-corrected chi connectivity index (χ4v) is 6.32. The minimum Gasteiger partial charge on any atom is -0.358 e. The Bertz CT molecular complexity index is 1590. The minimum absolute atomic E-state index is 0.0607. The van der Waals surface area contributed by atoms with Crippen LogP contribution in [-0.4, -0.2) is 53.8 Å². The van der Waals surface area contributed by atoms with E-state index in [1.807, 2.05) is 42.5 Å². The SMILES string of the molecule is CCN(CC)CCNC(=O)c1c(C(C)C)[nH]c(C=C2C(=O)Nc3ccc(Br)cc32)c1C(C)C.O=C1Cc2cc(Br)ccc2N1. The molecule has 0 saturated heterocycles. The molecule has 5 rings (SSSR count). The molecule has 0 radical (unpaired) electrons. The molecule has 0 bridgehead atoms. The molecular weight excluding hydrogens is 686 g/mol. The highest BCUT2D eigenvalue weighted by molar-refractivity contribution is 9.10. The highest BCUT2D eigenvalue weighted by atomic mass is 79.9. The minimum atomic E-state index is -0.135. The predicted octanol–water partition coefficient (Wildman–Crippen LogP) is 7.53. The summed E-state index contributed by atoms with van der Waals surface area (Å²) in [5.41, 5.74) is 7.64. The number of rotatable bonds is 9. The van der Waals surface area contributed by atoms with Crippen LogP contribution >= 0.6 is 31.9 Å². The van der Waals surface area contributed by atoms with E-state index in [2.05, 4.69) is 99.2 Å². The van der Waals surface area contributed by atoms with Crippen LogP contribution in [0.1, 0.15) is 91.8 Å². The van der Waals surface area contributed by atoms with E-state index >= 15 is 0 Å². The molecule has 3 amide bonds. The lowest BCUT2D eigenvalue weighted by molar-refractivity contribution is -0.115. The molecule has 8 nitrogen and oxygen atoms in total. The third kappa shape index (κ3) is 7.71. The second-order valence-corrected chi connectivity index (χ2v) is 13.4. The van der Waals surface area contributed by atoms with Crippen molar-refractivity contribution < 1.29 is 14.4 Å². The number of carbonyl (C=O) groups excluding carboxylic acids is 3. The number of anilines is 2. The zero-order valence-electron chi connectivity index (χ0n) is 26.2. The fraction of sp³-hybridized carbons (Fsp3) is 0.382. The number of H-pyrrole nitrogens is 1. The predicted molar refractivity (Wildman–Crippen MR) is 186 cm³/mol. The van der Waals surface area contributed by atoms with Gasteiger partial charge in [-0.25, -0.2) is 0 Å². The number of hydrogen-bond donors (Lipinski definition) is 4. The summed E-state index contributed by atoms with van der Waals surface area (Å²) in [5, 5.41) is 8.82. The molecule has 3 heterocycles. The number of benzene rings is 2. The number of nitrogens with zero attached hydrogens (tertiary/aromatic N) is 1. The van der Waals surface area contributed by atoms with E-state index in [1.54, 1.807) is 0 Å². The molecule has 0 fully saturated rings. The van der Waals surface area contributed by atoms with Gasteiger partial charge in [0.05, 0.1) is 17.6 Å². The average Bonchev–Trinajstić information content (AvgIpc) is 3.63. The van der Waals surface area contributed by atoms with E-state index in [1.165, 1.54) is 0 Å². The van der Waals surface area contributed by atoms with Gasteiger partial charge in [-0.15, -0.1) is 0 Å². The summed E-state index contributed by atoms with van der Waals surface area (Å²) in [6, 6.07) is 11.5. The van der Waals surface area contributed by atoms with E-state index in [4.69, 9.17) is 0 Å². The van der Waals surface area contributed by atoms with Gasteiger partial charge in [0.15, 0.2) is 0 Å². The van der Waals surface area contributed by atoms with Crippen molar-refractivity contribution in [1.29, 1.82) is 0 Å². The lowest BCUT2D eigenvalue weighted by Gasteiger charge is -2.18. The second kappa shape index (κ2) is 14.7. The largest absolute Gasteiger partial charge is 0.358 e. The van der Waals surface area contributed by atoms with Gasteiger partial charge in [-0.05, 0) is 78.5 Å². The highest BCUT2D eigenvalue weighted by Gasteiger charge is 2.29. The molecule has 1 aromatic heterocycles. The first-order valence-corrected chi connectivity index (χ1v) is 16.7. The highest BCUT2D eigenvalue weighted by Crippen LogP contribution is 2.38. The molecule has 2 aromatic carbocycles. The van der Waals surface area contributed by atoms with E-state index < -0.39 is 0 Å². The molecule has 0 spiro atoms. The summed E-state index contributed by atoms with van der Waals surface area (Å²) >= 11 is 6.85. The Kier molecular flexibility index (Phi) is 11.3. The van der Waals surface area contributed by atoms with E-state index in [0.717, 1.165) is 68.0 Å². The van der Waals surface area contributed by atoms with Crippen LogP contribution in [-0.2, 0) is 16.0 Å². The normalized spacial score (nSPS) is 14.5. The molecule has 4 N–H and O–H groups in total. The summed E-state index contributed by atoms with van der Waals surface area (Å²) in [7, 11) is 0. The maximum atomic E-state index is 13.4. The molecule has 234 valence electrons. The Morgan fingerprint density at radius 3 is 2.25 bits per heavy atom. The van der Waals surface area contributed by atoms with Crippen LogP contribution in [0, 0.1) is 0 Å². The molecule has 0 aliphatic carbocycles. The van der Waals surface area contributed by atoms with Gasteiger partial charge in [0.2, 0.25) is 5.91 Å². The van der Waals surface area contributed by atoms with Crippen LogP contribution in [0.3, 0.4) is 0 Å². The van der Waals surface area contributed by atoms with Crippen molar-refractivity contribution in [3.8, 4) is 0 Å². The molecule has 2 aliphatic heterocycles. The quantitative estimate of drug-likeness (QED) is 0.171. The van der Waals surface area contributed by atoms with Gasteiger partial charge in [0.25, 0.3) is 11.8 Å². The van der Waals surface area contributed by atoms with Crippen LogP contribution < -0.4 is 16.0 Å². The molecule has 10 heteroatoms. The maximum absolute atomic E-state index is 13.4. The first-order chi connectivity index (χ1) is 20.9. The average molecular weight is 728 g/mol. The molecule has 0 unspecified atom stereocenters. The number of nitrogens with one attached hydrogen (secondary N) is 4. The van der Waals surface area contributed by atoms with E-state index in [-0.39, 0.29) is 29.6 Å². The van der Waals surface area contributed by atoms with Crippen LogP contribution in [0.15, 0.2) is 45.3 Å². The fourth-order valence-electron chi connectivity index (χ4n) is 5.55. The van der Waals surface area contributed by atoms with Gasteiger partial charge < -0.3 is 25.8 Å². The Hall–Kier alpha value is -3.21. The maximum Gasteiger partial charge on any atom is 0.256 e. The molecule has 3 aromatic rings. The van der Waals surface area contributed by atoms with Crippen molar-refractivity contribution in [2.45, 2.75) is 59.8 Å². The lowest BCUT2D eigenvalue weighted by Crippen LogP contribution is -2.35. The van der Waals surface area contributed by atoms with Gasteiger partial charge in [0, 0.05) is 50.4 Å². The first-order valence-electron chi connectivity index (χ1n) is 15.1. The molecule has 2 aliphatic rings. The van der Waals surface area contributed by atoms with Crippen molar-refractivity contribution in [2.75, 3.05) is 36.8 Å². The van der Waals surface area contributed by atoms with Crippen molar-refractivity contribution in [2.24, 2.45) is 0 Å².